The molecule has 3 aromatic rings. The average molecular weight is 487 g/mol. The lowest BCUT2D eigenvalue weighted by Gasteiger charge is -2.16. The minimum Gasteiger partial charge on any atom is -0.495 e. The number of rotatable bonds is 10. The molecule has 1 aromatic heterocycles. The summed E-state index contributed by atoms with van der Waals surface area (Å²) in [7, 11) is 1.54. The molecule has 0 spiro atoms. The lowest BCUT2D eigenvalue weighted by atomic mass is 10.1. The molecule has 0 aliphatic rings. The number of hydrogen-bond donors (Lipinski definition) is 1. The van der Waals surface area contributed by atoms with Crippen LogP contribution in [0.3, 0.4) is 0 Å². The van der Waals surface area contributed by atoms with Crippen LogP contribution in [0.1, 0.15) is 30.0 Å². The van der Waals surface area contributed by atoms with Gasteiger partial charge in [-0.05, 0) is 62.2 Å². The second-order valence-electron chi connectivity index (χ2n) is 7.43. The van der Waals surface area contributed by atoms with Gasteiger partial charge in [0.25, 0.3) is 0 Å². The number of anilines is 1. The van der Waals surface area contributed by atoms with Crippen molar-refractivity contribution in [1.29, 1.82) is 0 Å². The van der Waals surface area contributed by atoms with Crippen LogP contribution in [0.2, 0.25) is 5.02 Å². The zero-order chi connectivity index (χ0) is 24.0. The number of halogens is 1. The summed E-state index contributed by atoms with van der Waals surface area (Å²) in [5.74, 6) is 1.88. The molecule has 3 rings (SSSR count). The first-order valence-electron chi connectivity index (χ1n) is 10.4. The first-order chi connectivity index (χ1) is 15.8. The molecular weight excluding hydrogens is 460 g/mol. The van der Waals surface area contributed by atoms with Crippen molar-refractivity contribution in [3.05, 3.63) is 71.0 Å². The number of amides is 1. The van der Waals surface area contributed by atoms with Crippen LogP contribution >= 0.6 is 23.4 Å². The Balaban J connectivity index is 1.70. The number of thioether (sulfide) groups is 1. The number of carbonyl (C=O) groups is 1. The Morgan fingerprint density at radius 3 is 2.73 bits per heavy atom. The van der Waals surface area contributed by atoms with E-state index >= 15 is 0 Å². The smallest absolute Gasteiger partial charge is 0.234 e. The van der Waals surface area contributed by atoms with Gasteiger partial charge in [0.1, 0.15) is 11.5 Å². The third kappa shape index (κ3) is 6.30. The highest BCUT2D eigenvalue weighted by Gasteiger charge is 2.20. The van der Waals surface area contributed by atoms with E-state index in [9.17, 15) is 4.79 Å². The molecule has 0 fully saturated rings. The molecule has 0 aliphatic heterocycles. The van der Waals surface area contributed by atoms with Gasteiger partial charge in [-0.1, -0.05) is 35.5 Å². The number of nitrogens with one attached hydrogen (secondary N) is 1. The van der Waals surface area contributed by atoms with E-state index in [1.54, 1.807) is 24.3 Å². The molecule has 1 amide bonds. The molecule has 1 unspecified atom stereocenters. The highest BCUT2D eigenvalue weighted by atomic mass is 35.5. The molecule has 0 radical (unpaired) electrons. The summed E-state index contributed by atoms with van der Waals surface area (Å²) in [4.78, 5) is 12.5. The molecule has 2 aromatic carbocycles. The second-order valence-corrected chi connectivity index (χ2v) is 8.81. The van der Waals surface area contributed by atoms with Crippen LogP contribution in [0.5, 0.6) is 11.5 Å². The van der Waals surface area contributed by atoms with Crippen LogP contribution < -0.4 is 14.8 Å². The predicted octanol–water partition coefficient (Wildman–Crippen LogP) is 5.61. The fourth-order valence-electron chi connectivity index (χ4n) is 3.15. The van der Waals surface area contributed by atoms with Gasteiger partial charge in [-0.3, -0.25) is 9.36 Å². The summed E-state index contributed by atoms with van der Waals surface area (Å²) in [6, 6.07) is 11.0. The number of carbonyl (C=O) groups excluding carboxylic acids is 1. The Kier molecular flexibility index (Phi) is 8.41. The van der Waals surface area contributed by atoms with Crippen molar-refractivity contribution < 1.29 is 14.3 Å². The van der Waals surface area contributed by atoms with Crippen LogP contribution in [-0.4, -0.2) is 33.5 Å². The Morgan fingerprint density at radius 2 is 2.03 bits per heavy atom. The number of allylic oxidation sites excluding steroid dienone is 1. The normalized spacial score (nSPS) is 11.7. The van der Waals surface area contributed by atoms with E-state index in [0.29, 0.717) is 34.0 Å². The Hall–Kier alpha value is -2.97. The van der Waals surface area contributed by atoms with E-state index in [-0.39, 0.29) is 17.8 Å². The highest BCUT2D eigenvalue weighted by molar-refractivity contribution is 7.99. The Bertz CT molecular complexity index is 1150. The third-order valence-corrected chi connectivity index (χ3v) is 6.18. The van der Waals surface area contributed by atoms with Gasteiger partial charge in [-0.25, -0.2) is 0 Å². The number of ether oxygens (including phenoxy) is 2. The summed E-state index contributed by atoms with van der Waals surface area (Å²) >= 11 is 7.32. The first kappa shape index (κ1) is 24.7. The van der Waals surface area contributed by atoms with Crippen molar-refractivity contribution in [2.45, 2.75) is 38.6 Å². The van der Waals surface area contributed by atoms with Crippen LogP contribution in [0.4, 0.5) is 5.69 Å². The molecular formula is C24H27ClN4O3S. The molecule has 1 atom stereocenters. The van der Waals surface area contributed by atoms with Gasteiger partial charge in [-0.15, -0.1) is 16.8 Å². The lowest BCUT2D eigenvalue weighted by molar-refractivity contribution is -0.113. The van der Waals surface area contributed by atoms with Crippen molar-refractivity contribution in [2.75, 3.05) is 18.2 Å². The molecule has 0 saturated carbocycles. The maximum Gasteiger partial charge on any atom is 0.234 e. The SMILES string of the molecule is C=CCn1c(SCC(=O)Nc2cc(Cl)ccc2OC)nnc1C(C)Oc1ccc(C)c(C)c1. The highest BCUT2D eigenvalue weighted by Crippen LogP contribution is 2.29. The number of nitrogens with zero attached hydrogens (tertiary/aromatic N) is 3. The van der Waals surface area contributed by atoms with Gasteiger partial charge >= 0.3 is 0 Å². The Labute approximate surface area is 203 Å². The molecule has 7 nitrogen and oxygen atoms in total. The number of aromatic nitrogens is 3. The first-order valence-corrected chi connectivity index (χ1v) is 11.7. The number of methoxy groups -OCH3 is 1. The van der Waals surface area contributed by atoms with Gasteiger partial charge in [0.05, 0.1) is 18.6 Å². The number of benzene rings is 2. The molecule has 9 heteroatoms. The van der Waals surface area contributed by atoms with E-state index in [2.05, 4.69) is 29.0 Å². The third-order valence-electron chi connectivity index (χ3n) is 4.98. The van der Waals surface area contributed by atoms with E-state index < -0.39 is 0 Å². The summed E-state index contributed by atoms with van der Waals surface area (Å²) in [6.45, 7) is 10.4. The van der Waals surface area contributed by atoms with Crippen LogP contribution in [-0.2, 0) is 11.3 Å². The molecule has 0 saturated heterocycles. The maximum absolute atomic E-state index is 12.5. The zero-order valence-electron chi connectivity index (χ0n) is 19.1. The van der Waals surface area contributed by atoms with Gasteiger partial charge in [0.15, 0.2) is 17.1 Å². The monoisotopic (exact) mass is 486 g/mol. The minimum atomic E-state index is -0.335. The van der Waals surface area contributed by atoms with E-state index in [1.165, 1.54) is 24.4 Å². The van der Waals surface area contributed by atoms with Gasteiger partial charge in [-0.2, -0.15) is 0 Å². The number of aryl methyl sites for hydroxylation is 2. The van der Waals surface area contributed by atoms with Gasteiger partial charge in [0, 0.05) is 11.6 Å². The van der Waals surface area contributed by atoms with Crippen molar-refractivity contribution in [3.63, 3.8) is 0 Å². The second kappa shape index (κ2) is 11.2. The Morgan fingerprint density at radius 1 is 1.24 bits per heavy atom. The maximum atomic E-state index is 12.5. The quantitative estimate of drug-likeness (QED) is 0.296. The molecule has 1 heterocycles. The van der Waals surface area contributed by atoms with E-state index in [0.717, 1.165) is 11.3 Å². The van der Waals surface area contributed by atoms with Crippen LogP contribution in [0.25, 0.3) is 0 Å². The molecule has 1 N–H and O–H groups in total. The van der Waals surface area contributed by atoms with E-state index in [1.807, 2.05) is 36.6 Å². The summed E-state index contributed by atoms with van der Waals surface area (Å²) in [6.07, 6.45) is 1.43. The topological polar surface area (TPSA) is 78.3 Å². The molecule has 0 aliphatic carbocycles. The average Bonchev–Trinajstić information content (AvgIpc) is 3.18. The fourth-order valence-corrected chi connectivity index (χ4v) is 4.07. The lowest BCUT2D eigenvalue weighted by Crippen LogP contribution is -2.16. The van der Waals surface area contributed by atoms with Crippen LogP contribution in [0, 0.1) is 13.8 Å². The fraction of sp³-hybridized carbons (Fsp3) is 0.292. The number of hydrogen-bond acceptors (Lipinski definition) is 6. The minimum absolute atomic E-state index is 0.136. The largest absolute Gasteiger partial charge is 0.495 e. The van der Waals surface area contributed by atoms with Crippen LogP contribution in [0.15, 0.2) is 54.2 Å². The van der Waals surface area contributed by atoms with Crippen molar-refractivity contribution >= 4 is 35.0 Å². The van der Waals surface area contributed by atoms with Crippen molar-refractivity contribution in [2.24, 2.45) is 0 Å². The predicted molar refractivity (Wildman–Crippen MR) is 133 cm³/mol. The summed E-state index contributed by atoms with van der Waals surface area (Å²) in [5.41, 5.74) is 2.88. The van der Waals surface area contributed by atoms with Crippen molar-refractivity contribution in [3.8, 4) is 11.5 Å². The molecule has 174 valence electrons. The van der Waals surface area contributed by atoms with E-state index in [4.69, 9.17) is 21.1 Å². The standard InChI is InChI=1S/C24H27ClN4O3S/c1-6-11-29-23(17(4)32-19-9-7-15(2)16(3)12-19)27-28-24(29)33-14-22(30)26-20-13-18(25)8-10-21(20)31-5/h6-10,12-13,17H,1,11,14H2,2-5H3,(H,26,30). The molecule has 33 heavy (non-hydrogen) atoms. The van der Waals surface area contributed by atoms with Gasteiger partial charge < -0.3 is 14.8 Å². The summed E-state index contributed by atoms with van der Waals surface area (Å²) < 4.78 is 13.3. The van der Waals surface area contributed by atoms with Crippen molar-refractivity contribution in [1.82, 2.24) is 14.8 Å². The molecule has 0 bridgehead atoms. The summed E-state index contributed by atoms with van der Waals surface area (Å²) in [5, 5.41) is 12.5. The zero-order valence-corrected chi connectivity index (χ0v) is 20.7. The van der Waals surface area contributed by atoms with Gasteiger partial charge in [0.2, 0.25) is 5.91 Å².